The molecule has 5 rings (SSSR count). The van der Waals surface area contributed by atoms with Crippen LogP contribution in [0, 0.1) is 5.41 Å². The summed E-state index contributed by atoms with van der Waals surface area (Å²) in [7, 11) is 1.59. The average molecular weight is 452 g/mol. The molecule has 2 atom stereocenters. The van der Waals surface area contributed by atoms with Crippen molar-refractivity contribution in [2.45, 2.75) is 51.4 Å². The quantitative estimate of drug-likeness (QED) is 0.691. The summed E-state index contributed by atoms with van der Waals surface area (Å²) >= 11 is 0. The molecule has 3 heterocycles. The number of ether oxygens (including phenoxy) is 2. The van der Waals surface area contributed by atoms with Gasteiger partial charge in [-0.05, 0) is 32.3 Å². The number of rotatable bonds is 5. The van der Waals surface area contributed by atoms with Crippen molar-refractivity contribution in [1.29, 1.82) is 0 Å². The summed E-state index contributed by atoms with van der Waals surface area (Å²) in [5.41, 5.74) is 1.71. The number of likely N-dealkylation sites (tertiary alicyclic amines) is 1. The first-order chi connectivity index (χ1) is 15.9. The fraction of sp³-hybridized carbons (Fsp3) is 0.560. The lowest BCUT2D eigenvalue weighted by atomic mass is 9.61. The van der Waals surface area contributed by atoms with Crippen molar-refractivity contribution in [2.24, 2.45) is 5.41 Å². The molecule has 1 saturated carbocycles. The molecule has 2 aromatic rings. The molecule has 33 heavy (non-hydrogen) atoms. The standard InChI is InChI=1S/C25H33N5O3/c1-18-14-30(19(2)13-29(18)22-11-26-12-23(27-22)32-3)24(31)33-21-9-25(10-21)16-28(17-25)15-20-7-5-4-6-8-20/h4-8,11-12,18-19,21H,9-10,13-17H2,1-3H3/t18-,19-/m1/s1. The van der Waals surface area contributed by atoms with Gasteiger partial charge in [0.1, 0.15) is 6.10 Å². The molecular weight excluding hydrogens is 418 g/mol. The Bertz CT molecular complexity index is 973. The van der Waals surface area contributed by atoms with Gasteiger partial charge in [0.05, 0.1) is 19.5 Å². The minimum absolute atomic E-state index is 0.0285. The summed E-state index contributed by atoms with van der Waals surface area (Å²) in [6, 6.07) is 10.7. The lowest BCUT2D eigenvalue weighted by molar-refractivity contribution is -0.137. The molecule has 1 amide bonds. The number of carbonyl (C=O) groups is 1. The van der Waals surface area contributed by atoms with Gasteiger partial charge in [0.25, 0.3) is 0 Å². The molecule has 2 aliphatic heterocycles. The molecule has 176 valence electrons. The Kier molecular flexibility index (Phi) is 5.86. The monoisotopic (exact) mass is 451 g/mol. The number of methoxy groups -OCH3 is 1. The van der Waals surface area contributed by atoms with Crippen molar-refractivity contribution < 1.29 is 14.3 Å². The number of amides is 1. The zero-order valence-electron chi connectivity index (χ0n) is 19.7. The fourth-order valence-corrected chi connectivity index (χ4v) is 5.59. The van der Waals surface area contributed by atoms with E-state index in [0.717, 1.165) is 38.3 Å². The van der Waals surface area contributed by atoms with Crippen LogP contribution in [0.4, 0.5) is 10.6 Å². The van der Waals surface area contributed by atoms with Crippen molar-refractivity contribution in [3.05, 3.63) is 48.3 Å². The average Bonchev–Trinajstić information content (AvgIpc) is 2.78. The van der Waals surface area contributed by atoms with E-state index in [1.165, 1.54) is 5.56 Å². The lowest BCUT2D eigenvalue weighted by Gasteiger charge is -2.58. The number of carbonyl (C=O) groups excluding carboxylic acids is 1. The second-order valence-electron chi connectivity index (χ2n) is 9.97. The molecule has 2 saturated heterocycles. The van der Waals surface area contributed by atoms with Crippen LogP contribution in [0.25, 0.3) is 0 Å². The Balaban J connectivity index is 1.09. The van der Waals surface area contributed by atoms with Gasteiger partial charge in [-0.2, -0.15) is 4.98 Å². The molecule has 0 radical (unpaired) electrons. The van der Waals surface area contributed by atoms with Crippen LogP contribution in [-0.4, -0.2) is 77.3 Å². The highest BCUT2D eigenvalue weighted by Gasteiger charge is 2.54. The fourth-order valence-electron chi connectivity index (χ4n) is 5.59. The third-order valence-corrected chi connectivity index (χ3v) is 7.28. The summed E-state index contributed by atoms with van der Waals surface area (Å²) in [5, 5.41) is 0. The predicted molar refractivity (Wildman–Crippen MR) is 125 cm³/mol. The molecule has 3 aliphatic rings. The van der Waals surface area contributed by atoms with Crippen LogP contribution in [0.3, 0.4) is 0 Å². The van der Waals surface area contributed by atoms with E-state index < -0.39 is 0 Å². The Morgan fingerprint density at radius 2 is 1.85 bits per heavy atom. The molecular formula is C25H33N5O3. The first kappa shape index (κ1) is 21.9. The molecule has 3 fully saturated rings. The molecule has 1 spiro atoms. The number of nitrogens with zero attached hydrogens (tertiary/aromatic N) is 5. The number of benzene rings is 1. The van der Waals surface area contributed by atoms with Crippen LogP contribution in [-0.2, 0) is 11.3 Å². The zero-order chi connectivity index (χ0) is 23.0. The van der Waals surface area contributed by atoms with Crippen molar-refractivity contribution in [1.82, 2.24) is 19.8 Å². The summed E-state index contributed by atoms with van der Waals surface area (Å²) in [6.07, 6.45) is 5.15. The van der Waals surface area contributed by atoms with Gasteiger partial charge in [-0.1, -0.05) is 30.3 Å². The van der Waals surface area contributed by atoms with Crippen LogP contribution in [0.5, 0.6) is 5.88 Å². The summed E-state index contributed by atoms with van der Waals surface area (Å²) in [6.45, 7) is 8.64. The van der Waals surface area contributed by atoms with E-state index in [1.54, 1.807) is 19.5 Å². The van der Waals surface area contributed by atoms with Gasteiger partial charge < -0.3 is 19.3 Å². The van der Waals surface area contributed by atoms with E-state index in [2.05, 4.69) is 63.9 Å². The number of aromatic nitrogens is 2. The second kappa shape index (κ2) is 8.82. The molecule has 8 nitrogen and oxygen atoms in total. The van der Waals surface area contributed by atoms with Crippen molar-refractivity contribution >= 4 is 11.9 Å². The number of hydrogen-bond acceptors (Lipinski definition) is 7. The van der Waals surface area contributed by atoms with E-state index in [4.69, 9.17) is 9.47 Å². The molecule has 0 bridgehead atoms. The second-order valence-corrected chi connectivity index (χ2v) is 9.97. The van der Waals surface area contributed by atoms with Crippen LogP contribution in [0.2, 0.25) is 0 Å². The normalized spacial score (nSPS) is 24.8. The first-order valence-corrected chi connectivity index (χ1v) is 11.8. The van der Waals surface area contributed by atoms with Crippen LogP contribution in [0.15, 0.2) is 42.7 Å². The van der Waals surface area contributed by atoms with Gasteiger partial charge in [-0.15, -0.1) is 0 Å². The summed E-state index contributed by atoms with van der Waals surface area (Å²) in [4.78, 5) is 28.2. The SMILES string of the molecule is COc1cncc(N2C[C@@H](C)N(C(=O)OC3CC4(C3)CN(Cc3ccccc3)C4)C[C@H]2C)n1. The summed E-state index contributed by atoms with van der Waals surface area (Å²) < 4.78 is 11.1. The number of hydrogen-bond donors (Lipinski definition) is 0. The topological polar surface area (TPSA) is 71.0 Å². The van der Waals surface area contributed by atoms with Crippen molar-refractivity contribution in [3.63, 3.8) is 0 Å². The number of piperazine rings is 1. The highest BCUT2D eigenvalue weighted by atomic mass is 16.6. The van der Waals surface area contributed by atoms with Gasteiger partial charge in [-0.25, -0.2) is 4.79 Å². The van der Waals surface area contributed by atoms with Crippen molar-refractivity contribution in [3.8, 4) is 5.88 Å². The Labute approximate surface area is 195 Å². The van der Waals surface area contributed by atoms with E-state index in [-0.39, 0.29) is 24.3 Å². The van der Waals surface area contributed by atoms with Crippen LogP contribution < -0.4 is 9.64 Å². The Morgan fingerprint density at radius 3 is 2.58 bits per heavy atom. The molecule has 1 aliphatic carbocycles. The minimum Gasteiger partial charge on any atom is -0.480 e. The third kappa shape index (κ3) is 4.49. The summed E-state index contributed by atoms with van der Waals surface area (Å²) in [5.74, 6) is 1.26. The number of anilines is 1. The van der Waals surface area contributed by atoms with E-state index in [1.807, 2.05) is 4.90 Å². The molecule has 0 N–H and O–H groups in total. The van der Waals surface area contributed by atoms with E-state index >= 15 is 0 Å². The van der Waals surface area contributed by atoms with Gasteiger partial charge >= 0.3 is 6.09 Å². The van der Waals surface area contributed by atoms with Crippen LogP contribution in [0.1, 0.15) is 32.3 Å². The van der Waals surface area contributed by atoms with Crippen molar-refractivity contribution in [2.75, 3.05) is 38.2 Å². The first-order valence-electron chi connectivity index (χ1n) is 11.8. The maximum atomic E-state index is 13.0. The zero-order valence-corrected chi connectivity index (χ0v) is 19.7. The Hall–Kier alpha value is -2.87. The van der Waals surface area contributed by atoms with Crippen LogP contribution >= 0.6 is 0 Å². The predicted octanol–water partition coefficient (Wildman–Crippen LogP) is 3.19. The molecule has 1 aromatic carbocycles. The maximum Gasteiger partial charge on any atom is 0.410 e. The maximum absolute atomic E-state index is 13.0. The van der Waals surface area contributed by atoms with Gasteiger partial charge in [0.2, 0.25) is 5.88 Å². The Morgan fingerprint density at radius 1 is 1.09 bits per heavy atom. The largest absolute Gasteiger partial charge is 0.480 e. The molecule has 8 heteroatoms. The third-order valence-electron chi connectivity index (χ3n) is 7.28. The van der Waals surface area contributed by atoms with E-state index in [9.17, 15) is 4.79 Å². The van der Waals surface area contributed by atoms with E-state index in [0.29, 0.717) is 24.4 Å². The molecule has 0 unspecified atom stereocenters. The lowest BCUT2D eigenvalue weighted by Crippen LogP contribution is -2.64. The van der Waals surface area contributed by atoms with Gasteiger partial charge in [0.15, 0.2) is 5.82 Å². The molecule has 1 aromatic heterocycles. The van der Waals surface area contributed by atoms with Gasteiger partial charge in [0, 0.05) is 50.2 Å². The van der Waals surface area contributed by atoms with Gasteiger partial charge in [-0.3, -0.25) is 9.88 Å². The highest BCUT2D eigenvalue weighted by molar-refractivity contribution is 5.69. The highest BCUT2D eigenvalue weighted by Crippen LogP contribution is 2.50. The smallest absolute Gasteiger partial charge is 0.410 e. The minimum atomic E-state index is -0.189.